The summed E-state index contributed by atoms with van der Waals surface area (Å²) in [5.74, 6) is 0.0735. The number of rotatable bonds is 2. The average molecular weight is 221 g/mol. The zero-order chi connectivity index (χ0) is 11.4. The lowest BCUT2D eigenvalue weighted by Gasteiger charge is -2.30. The van der Waals surface area contributed by atoms with Crippen LogP contribution < -0.4 is 10.6 Å². The zero-order valence-corrected chi connectivity index (χ0v) is 9.70. The summed E-state index contributed by atoms with van der Waals surface area (Å²) in [6.45, 7) is 2.67. The van der Waals surface area contributed by atoms with Gasteiger partial charge in [0, 0.05) is 25.3 Å². The van der Waals surface area contributed by atoms with E-state index in [1.807, 2.05) is 13.1 Å². The summed E-state index contributed by atoms with van der Waals surface area (Å²) < 4.78 is 0. The fourth-order valence-corrected chi connectivity index (χ4v) is 2.01. The van der Waals surface area contributed by atoms with Crippen LogP contribution in [-0.2, 0) is 4.79 Å². The van der Waals surface area contributed by atoms with Gasteiger partial charge in [0.1, 0.15) is 0 Å². The van der Waals surface area contributed by atoms with Crippen LogP contribution in [0.2, 0.25) is 0 Å². The van der Waals surface area contributed by atoms with Crippen LogP contribution in [0.4, 0.5) is 0 Å². The van der Waals surface area contributed by atoms with Gasteiger partial charge in [-0.05, 0) is 26.0 Å². The molecular formula is C12H19N3O. The average Bonchev–Trinajstić information content (AvgIpc) is 2.30. The number of carbonyl (C=O) groups excluding carboxylic acids is 1. The first-order valence-corrected chi connectivity index (χ1v) is 5.85. The van der Waals surface area contributed by atoms with Crippen molar-refractivity contribution in [2.45, 2.75) is 18.9 Å². The smallest absolute Gasteiger partial charge is 0.242 e. The quantitative estimate of drug-likeness (QED) is 0.702. The van der Waals surface area contributed by atoms with E-state index in [0.29, 0.717) is 0 Å². The van der Waals surface area contributed by atoms with E-state index in [-0.39, 0.29) is 11.9 Å². The van der Waals surface area contributed by atoms with Crippen molar-refractivity contribution in [3.05, 3.63) is 23.9 Å². The molecule has 0 radical (unpaired) electrons. The molecule has 88 valence electrons. The van der Waals surface area contributed by atoms with E-state index in [4.69, 9.17) is 0 Å². The third-order valence-electron chi connectivity index (χ3n) is 2.96. The number of allylic oxidation sites excluding steroid dienone is 3. The highest BCUT2D eigenvalue weighted by molar-refractivity contribution is 5.84. The Kier molecular flexibility index (Phi) is 3.74. The molecule has 4 nitrogen and oxygen atoms in total. The van der Waals surface area contributed by atoms with Gasteiger partial charge in [-0.1, -0.05) is 12.2 Å². The lowest BCUT2D eigenvalue weighted by molar-refractivity contribution is -0.123. The molecule has 1 fully saturated rings. The second-order valence-corrected chi connectivity index (χ2v) is 4.40. The van der Waals surface area contributed by atoms with Crippen LogP contribution >= 0.6 is 0 Å². The Hall–Kier alpha value is -1.13. The van der Waals surface area contributed by atoms with Crippen LogP contribution in [0, 0.1) is 0 Å². The van der Waals surface area contributed by atoms with Crippen molar-refractivity contribution in [3.8, 4) is 0 Å². The summed E-state index contributed by atoms with van der Waals surface area (Å²) in [7, 11) is 2.04. The van der Waals surface area contributed by atoms with E-state index in [1.54, 1.807) is 0 Å². The normalized spacial score (nSPS) is 26.3. The molecule has 16 heavy (non-hydrogen) atoms. The summed E-state index contributed by atoms with van der Waals surface area (Å²) >= 11 is 0. The largest absolute Gasteiger partial charge is 0.325 e. The van der Waals surface area contributed by atoms with Crippen LogP contribution in [0.5, 0.6) is 0 Å². The maximum absolute atomic E-state index is 11.9. The van der Waals surface area contributed by atoms with E-state index < -0.39 is 0 Å². The minimum atomic E-state index is -0.0880. The highest BCUT2D eigenvalue weighted by Crippen LogP contribution is 2.07. The molecule has 1 heterocycles. The van der Waals surface area contributed by atoms with E-state index in [1.165, 1.54) is 0 Å². The highest BCUT2D eigenvalue weighted by Gasteiger charge is 2.23. The van der Waals surface area contributed by atoms with E-state index in [2.05, 4.69) is 27.7 Å². The Morgan fingerprint density at radius 2 is 2.44 bits per heavy atom. The van der Waals surface area contributed by atoms with Gasteiger partial charge in [0.25, 0.3) is 0 Å². The maximum atomic E-state index is 11.9. The van der Waals surface area contributed by atoms with Gasteiger partial charge in [-0.3, -0.25) is 4.79 Å². The van der Waals surface area contributed by atoms with Crippen molar-refractivity contribution in [1.29, 1.82) is 0 Å². The predicted molar refractivity (Wildman–Crippen MR) is 63.9 cm³/mol. The van der Waals surface area contributed by atoms with Gasteiger partial charge in [-0.25, -0.2) is 0 Å². The second kappa shape index (κ2) is 5.27. The van der Waals surface area contributed by atoms with Crippen LogP contribution in [-0.4, -0.2) is 43.5 Å². The van der Waals surface area contributed by atoms with Gasteiger partial charge < -0.3 is 15.5 Å². The van der Waals surface area contributed by atoms with Gasteiger partial charge in [0.05, 0.1) is 6.04 Å². The molecule has 1 amide bonds. The molecule has 4 heteroatoms. The molecule has 1 atom stereocenters. The number of piperazine rings is 1. The Labute approximate surface area is 96.4 Å². The first-order chi connectivity index (χ1) is 7.75. The standard InChI is InChI=1S/C12H19N3O/c1-15-8-7-13-11(9-15)12(16)14-10-5-3-2-4-6-10/h3,5-6,11,13H,2,4,7-9H2,1H3,(H,14,16). The minimum absolute atomic E-state index is 0.0735. The Bertz CT molecular complexity index is 322. The van der Waals surface area contributed by atoms with E-state index >= 15 is 0 Å². The van der Waals surface area contributed by atoms with Crippen LogP contribution in [0.3, 0.4) is 0 Å². The number of likely N-dealkylation sites (N-methyl/N-ethyl adjacent to an activating group) is 1. The predicted octanol–water partition coefficient (Wildman–Crippen LogP) is 0.240. The Morgan fingerprint density at radius 1 is 1.56 bits per heavy atom. The molecule has 1 unspecified atom stereocenters. The zero-order valence-electron chi connectivity index (χ0n) is 9.70. The fourth-order valence-electron chi connectivity index (χ4n) is 2.01. The summed E-state index contributed by atoms with van der Waals surface area (Å²) in [5.41, 5.74) is 0.936. The lowest BCUT2D eigenvalue weighted by atomic mass is 10.1. The molecule has 0 bridgehead atoms. The number of nitrogens with one attached hydrogen (secondary N) is 2. The summed E-state index contributed by atoms with van der Waals surface area (Å²) in [6, 6.07) is -0.0880. The molecule has 0 aromatic carbocycles. The molecule has 0 saturated carbocycles. The second-order valence-electron chi connectivity index (χ2n) is 4.40. The first-order valence-electron chi connectivity index (χ1n) is 5.85. The molecule has 1 aliphatic carbocycles. The summed E-state index contributed by atoms with van der Waals surface area (Å²) in [4.78, 5) is 14.1. The summed E-state index contributed by atoms with van der Waals surface area (Å²) in [5, 5.41) is 6.19. The van der Waals surface area contributed by atoms with Gasteiger partial charge in [-0.2, -0.15) is 0 Å². The minimum Gasteiger partial charge on any atom is -0.325 e. The SMILES string of the molecule is CN1CCNC(C(=O)NC2=CCCC=C2)C1. The van der Waals surface area contributed by atoms with Crippen molar-refractivity contribution in [1.82, 2.24) is 15.5 Å². The van der Waals surface area contributed by atoms with Crippen molar-refractivity contribution in [2.24, 2.45) is 0 Å². The molecule has 2 rings (SSSR count). The van der Waals surface area contributed by atoms with Crippen molar-refractivity contribution in [2.75, 3.05) is 26.7 Å². The highest BCUT2D eigenvalue weighted by atomic mass is 16.2. The number of hydrogen-bond donors (Lipinski definition) is 2. The number of amides is 1. The number of hydrogen-bond acceptors (Lipinski definition) is 3. The van der Waals surface area contributed by atoms with Crippen molar-refractivity contribution in [3.63, 3.8) is 0 Å². The molecule has 2 N–H and O–H groups in total. The lowest BCUT2D eigenvalue weighted by Crippen LogP contribution is -2.55. The monoisotopic (exact) mass is 221 g/mol. The van der Waals surface area contributed by atoms with Crippen LogP contribution in [0.15, 0.2) is 23.9 Å². The molecule has 0 spiro atoms. The van der Waals surface area contributed by atoms with Crippen molar-refractivity contribution < 1.29 is 4.79 Å². The van der Waals surface area contributed by atoms with Gasteiger partial charge in [-0.15, -0.1) is 0 Å². The Morgan fingerprint density at radius 3 is 3.12 bits per heavy atom. The maximum Gasteiger partial charge on any atom is 0.242 e. The van der Waals surface area contributed by atoms with Gasteiger partial charge >= 0.3 is 0 Å². The van der Waals surface area contributed by atoms with Crippen molar-refractivity contribution >= 4 is 5.91 Å². The third kappa shape index (κ3) is 2.93. The number of carbonyl (C=O) groups is 1. The molecule has 1 aliphatic heterocycles. The molecule has 1 saturated heterocycles. The molecular weight excluding hydrogens is 202 g/mol. The van der Waals surface area contributed by atoms with Gasteiger partial charge in [0.2, 0.25) is 5.91 Å². The van der Waals surface area contributed by atoms with E-state index in [0.717, 1.165) is 38.2 Å². The topological polar surface area (TPSA) is 44.4 Å². The molecule has 0 aromatic rings. The van der Waals surface area contributed by atoms with Crippen LogP contribution in [0.1, 0.15) is 12.8 Å². The fraction of sp³-hybridized carbons (Fsp3) is 0.583. The number of nitrogens with zero attached hydrogens (tertiary/aromatic N) is 1. The molecule has 2 aliphatic rings. The van der Waals surface area contributed by atoms with Crippen LogP contribution in [0.25, 0.3) is 0 Å². The summed E-state index contributed by atoms with van der Waals surface area (Å²) in [6.07, 6.45) is 8.24. The first kappa shape index (κ1) is 11.4. The third-order valence-corrected chi connectivity index (χ3v) is 2.96. The molecule has 0 aromatic heterocycles. The Balaban J connectivity index is 1.87. The van der Waals surface area contributed by atoms with E-state index in [9.17, 15) is 4.79 Å². The van der Waals surface area contributed by atoms with Gasteiger partial charge in [0.15, 0.2) is 0 Å².